The molecule has 0 unspecified atom stereocenters. The number of alkyl halides is 3. The van der Waals surface area contributed by atoms with Crippen molar-refractivity contribution in [2.24, 2.45) is 5.92 Å². The molecule has 0 aliphatic heterocycles. The molecule has 3 aromatic carbocycles. The molecule has 3 aromatic rings. The van der Waals surface area contributed by atoms with E-state index in [0.29, 0.717) is 27.5 Å². The summed E-state index contributed by atoms with van der Waals surface area (Å²) in [5.74, 6) is -1.16. The quantitative estimate of drug-likeness (QED) is 0.282. The lowest BCUT2D eigenvalue weighted by molar-refractivity contribution is -0.139. The number of carbonyl (C=O) groups excluding carboxylic acids is 2. The molecule has 2 amide bonds. The minimum absolute atomic E-state index is 0.130. The van der Waals surface area contributed by atoms with Crippen molar-refractivity contribution in [2.45, 2.75) is 51.4 Å². The van der Waals surface area contributed by atoms with Gasteiger partial charge in [0.1, 0.15) is 12.6 Å². The number of hydrogen-bond acceptors (Lipinski definition) is 4. The maximum absolute atomic E-state index is 13.9. The fourth-order valence-electron chi connectivity index (χ4n) is 4.05. The number of rotatable bonds is 11. The van der Waals surface area contributed by atoms with Gasteiger partial charge in [-0.15, -0.1) is 0 Å². The topological polar surface area (TPSA) is 86.8 Å². The highest BCUT2D eigenvalue weighted by molar-refractivity contribution is 7.92. The van der Waals surface area contributed by atoms with Gasteiger partial charge in [-0.2, -0.15) is 13.2 Å². The third kappa shape index (κ3) is 8.25. The van der Waals surface area contributed by atoms with Gasteiger partial charge in [-0.1, -0.05) is 67.4 Å². The van der Waals surface area contributed by atoms with Gasteiger partial charge in [-0.05, 0) is 61.7 Å². The lowest BCUT2D eigenvalue weighted by Crippen LogP contribution is -2.51. The van der Waals surface area contributed by atoms with Gasteiger partial charge in [0.25, 0.3) is 10.0 Å². The normalized spacial score (nSPS) is 12.6. The lowest BCUT2D eigenvalue weighted by Gasteiger charge is -2.32. The van der Waals surface area contributed by atoms with Crippen LogP contribution in [0.25, 0.3) is 0 Å². The van der Waals surface area contributed by atoms with Crippen LogP contribution in [-0.2, 0) is 32.3 Å². The second-order valence-electron chi connectivity index (χ2n) is 10.3. The minimum atomic E-state index is -4.75. The molecule has 0 fully saturated rings. The summed E-state index contributed by atoms with van der Waals surface area (Å²) in [5.41, 5.74) is -0.162. The molecule has 0 aromatic heterocycles. The van der Waals surface area contributed by atoms with E-state index in [4.69, 9.17) is 11.6 Å². The van der Waals surface area contributed by atoms with Gasteiger partial charge in [0.2, 0.25) is 11.8 Å². The van der Waals surface area contributed by atoms with Crippen molar-refractivity contribution in [3.8, 4) is 0 Å². The molecule has 1 atom stereocenters. The molecular formula is C30H33ClF3N3O4S. The number of halogens is 4. The number of hydrogen-bond donors (Lipinski definition) is 1. The Morgan fingerprint density at radius 1 is 0.952 bits per heavy atom. The van der Waals surface area contributed by atoms with Crippen LogP contribution < -0.4 is 9.62 Å². The van der Waals surface area contributed by atoms with Crippen LogP contribution in [0.1, 0.15) is 37.5 Å². The number of aryl methyl sites for hydroxylation is 1. The Kier molecular flexibility index (Phi) is 10.7. The average molecular weight is 624 g/mol. The molecule has 0 saturated heterocycles. The number of sulfonamides is 1. The average Bonchev–Trinajstić information content (AvgIpc) is 2.93. The molecular weight excluding hydrogens is 591 g/mol. The fourth-order valence-corrected chi connectivity index (χ4v) is 5.65. The second kappa shape index (κ2) is 13.6. The number of benzene rings is 3. The van der Waals surface area contributed by atoms with Gasteiger partial charge in [0.05, 0.1) is 16.1 Å². The first-order chi connectivity index (χ1) is 19.6. The first kappa shape index (κ1) is 32.9. The minimum Gasteiger partial charge on any atom is -0.354 e. The molecule has 7 nitrogen and oxygen atoms in total. The van der Waals surface area contributed by atoms with Crippen molar-refractivity contribution in [2.75, 3.05) is 17.4 Å². The van der Waals surface area contributed by atoms with Crippen LogP contribution in [0.4, 0.5) is 18.9 Å². The van der Waals surface area contributed by atoms with Crippen LogP contribution in [0.15, 0.2) is 77.7 Å². The molecule has 0 aliphatic carbocycles. The number of nitrogens with one attached hydrogen (secondary N) is 1. The SMILES string of the molecule is Cc1ccc(S(=O)(=O)N(CC(=O)N(Cc2ccccc2Cl)[C@H](C)C(=O)NCC(C)C)c2cccc(C(F)(F)F)c2)cc1. The first-order valence-corrected chi connectivity index (χ1v) is 15.0. The van der Waals surface area contributed by atoms with Gasteiger partial charge in [0, 0.05) is 18.1 Å². The Morgan fingerprint density at radius 2 is 1.60 bits per heavy atom. The molecule has 0 aliphatic rings. The van der Waals surface area contributed by atoms with E-state index in [0.717, 1.165) is 17.7 Å². The molecule has 226 valence electrons. The van der Waals surface area contributed by atoms with Crippen LogP contribution in [-0.4, -0.2) is 44.3 Å². The molecule has 3 rings (SSSR count). The summed E-state index contributed by atoms with van der Waals surface area (Å²) in [6.07, 6.45) is -4.75. The van der Waals surface area contributed by atoms with Gasteiger partial charge < -0.3 is 10.2 Å². The second-order valence-corrected chi connectivity index (χ2v) is 12.6. The van der Waals surface area contributed by atoms with Crippen LogP contribution in [0, 0.1) is 12.8 Å². The standard InChI is InChI=1S/C30H33ClF3N3O4S/c1-20(2)17-35-29(39)22(4)36(18-23-8-5-6-11-27(23)31)28(38)19-37(25-10-7-9-24(16-25)30(32,33)34)42(40,41)26-14-12-21(3)13-15-26/h5-16,20,22H,17-19H2,1-4H3,(H,35,39)/t22-/m1/s1. The highest BCUT2D eigenvalue weighted by Gasteiger charge is 2.35. The highest BCUT2D eigenvalue weighted by atomic mass is 35.5. The van der Waals surface area contributed by atoms with Crippen LogP contribution in [0.2, 0.25) is 5.02 Å². The number of amides is 2. The van der Waals surface area contributed by atoms with Crippen molar-refractivity contribution in [3.05, 3.63) is 94.5 Å². The van der Waals surface area contributed by atoms with E-state index in [1.807, 2.05) is 13.8 Å². The van der Waals surface area contributed by atoms with Crippen LogP contribution in [0.5, 0.6) is 0 Å². The fraction of sp³-hybridized carbons (Fsp3) is 0.333. The summed E-state index contributed by atoms with van der Waals surface area (Å²) in [6, 6.07) is 15.1. The maximum atomic E-state index is 13.9. The Hall–Kier alpha value is -3.57. The highest BCUT2D eigenvalue weighted by Crippen LogP contribution is 2.33. The van der Waals surface area contributed by atoms with Crippen LogP contribution in [0.3, 0.4) is 0 Å². The van der Waals surface area contributed by atoms with Crippen molar-refractivity contribution < 1.29 is 31.2 Å². The molecule has 0 bridgehead atoms. The maximum Gasteiger partial charge on any atom is 0.416 e. The van der Waals surface area contributed by atoms with Crippen LogP contribution >= 0.6 is 11.6 Å². The van der Waals surface area contributed by atoms with Gasteiger partial charge in [0.15, 0.2) is 0 Å². The summed E-state index contributed by atoms with van der Waals surface area (Å²) in [5, 5.41) is 3.09. The van der Waals surface area contributed by atoms with Gasteiger partial charge in [-0.25, -0.2) is 8.42 Å². The van der Waals surface area contributed by atoms with Crippen molar-refractivity contribution in [3.63, 3.8) is 0 Å². The molecule has 1 N–H and O–H groups in total. The van der Waals surface area contributed by atoms with Gasteiger partial charge in [-0.3, -0.25) is 13.9 Å². The molecule has 0 radical (unpaired) electrons. The molecule has 0 spiro atoms. The first-order valence-electron chi connectivity index (χ1n) is 13.2. The van der Waals surface area contributed by atoms with Crippen molar-refractivity contribution >= 4 is 39.1 Å². The smallest absolute Gasteiger partial charge is 0.354 e. The molecule has 0 heterocycles. The summed E-state index contributed by atoms with van der Waals surface area (Å²) < 4.78 is 69.1. The summed E-state index contributed by atoms with van der Waals surface area (Å²) in [4.78, 5) is 27.9. The Bertz CT molecular complexity index is 1510. The van der Waals surface area contributed by atoms with E-state index in [9.17, 15) is 31.2 Å². The zero-order valence-corrected chi connectivity index (χ0v) is 25.2. The monoisotopic (exact) mass is 623 g/mol. The Balaban J connectivity index is 2.09. The summed E-state index contributed by atoms with van der Waals surface area (Å²) >= 11 is 6.34. The van der Waals surface area contributed by atoms with E-state index in [2.05, 4.69) is 5.32 Å². The van der Waals surface area contributed by atoms with E-state index in [-0.39, 0.29) is 23.0 Å². The van der Waals surface area contributed by atoms with E-state index in [1.54, 1.807) is 43.3 Å². The number of carbonyl (C=O) groups is 2. The van der Waals surface area contributed by atoms with Crippen molar-refractivity contribution in [1.82, 2.24) is 10.2 Å². The lowest BCUT2D eigenvalue weighted by atomic mass is 10.1. The van der Waals surface area contributed by atoms with Gasteiger partial charge >= 0.3 is 6.18 Å². The van der Waals surface area contributed by atoms with Crippen molar-refractivity contribution in [1.29, 1.82) is 0 Å². The summed E-state index contributed by atoms with van der Waals surface area (Å²) in [6.45, 7) is 6.38. The third-order valence-corrected chi connectivity index (χ3v) is 8.66. The Labute approximate surface area is 249 Å². The van der Waals surface area contributed by atoms with E-state index >= 15 is 0 Å². The third-order valence-electron chi connectivity index (χ3n) is 6.50. The van der Waals surface area contributed by atoms with E-state index < -0.39 is 46.2 Å². The molecule has 0 saturated carbocycles. The largest absolute Gasteiger partial charge is 0.416 e. The predicted octanol–water partition coefficient (Wildman–Crippen LogP) is 6.05. The zero-order chi connectivity index (χ0) is 31.2. The predicted molar refractivity (Wildman–Crippen MR) is 156 cm³/mol. The Morgan fingerprint density at radius 3 is 2.19 bits per heavy atom. The number of nitrogens with zero attached hydrogens (tertiary/aromatic N) is 2. The molecule has 12 heteroatoms. The zero-order valence-electron chi connectivity index (χ0n) is 23.7. The molecule has 42 heavy (non-hydrogen) atoms. The number of anilines is 1. The summed E-state index contributed by atoms with van der Waals surface area (Å²) in [7, 11) is -4.52. The van der Waals surface area contributed by atoms with E-state index in [1.165, 1.54) is 30.0 Å².